The average Bonchev–Trinajstić information content (AvgIpc) is 2.29. The molecule has 0 heterocycles. The van der Waals surface area contributed by atoms with Gasteiger partial charge in [0.2, 0.25) is 0 Å². The van der Waals surface area contributed by atoms with Crippen LogP contribution in [0.3, 0.4) is 0 Å². The molecule has 0 aliphatic carbocycles. The molecule has 0 unspecified atom stereocenters. The van der Waals surface area contributed by atoms with Gasteiger partial charge in [0.15, 0.2) is 0 Å². The first-order valence-electron chi connectivity index (χ1n) is 6.10. The summed E-state index contributed by atoms with van der Waals surface area (Å²) in [6.45, 7) is 8.05. The van der Waals surface area contributed by atoms with E-state index in [0.29, 0.717) is 0 Å². The van der Waals surface area contributed by atoms with Crippen LogP contribution in [0.1, 0.15) is 34.1 Å². The van der Waals surface area contributed by atoms with Gasteiger partial charge in [-0.25, -0.2) is 0 Å². The fourth-order valence-electron chi connectivity index (χ4n) is 1.18. The molecule has 0 aliphatic heterocycles. The minimum Gasteiger partial charge on any atom is -0.378 e. The second kappa shape index (κ2) is 8.65. The number of hydrogen-bond acceptors (Lipinski definition) is 2. The highest BCUT2D eigenvalue weighted by Gasteiger charge is 2.12. The van der Waals surface area contributed by atoms with E-state index in [1.54, 1.807) is 7.11 Å². The van der Waals surface area contributed by atoms with Gasteiger partial charge >= 0.3 is 0 Å². The predicted molar refractivity (Wildman–Crippen MR) is 77.6 cm³/mol. The Morgan fingerprint density at radius 1 is 1.11 bits per heavy atom. The Hall–Kier alpha value is -1.41. The number of methoxy groups -OCH3 is 1. The van der Waals surface area contributed by atoms with Crippen molar-refractivity contribution in [1.82, 2.24) is 0 Å². The molecule has 0 atom stereocenters. The van der Waals surface area contributed by atoms with Crippen molar-refractivity contribution in [1.29, 1.82) is 0 Å². The van der Waals surface area contributed by atoms with E-state index >= 15 is 0 Å². The van der Waals surface area contributed by atoms with Gasteiger partial charge in [0.1, 0.15) is 6.29 Å². The van der Waals surface area contributed by atoms with Gasteiger partial charge < -0.3 is 4.74 Å². The summed E-state index contributed by atoms with van der Waals surface area (Å²) in [5.41, 5.74) is 1.99. The van der Waals surface area contributed by atoms with Gasteiger partial charge in [-0.1, -0.05) is 36.0 Å². The van der Waals surface area contributed by atoms with Crippen LogP contribution in [-0.4, -0.2) is 19.0 Å². The van der Waals surface area contributed by atoms with Crippen LogP contribution in [0.25, 0.3) is 0 Å². The lowest BCUT2D eigenvalue weighted by molar-refractivity contribution is -0.104. The van der Waals surface area contributed by atoms with E-state index in [2.05, 4.69) is 26.0 Å². The minimum absolute atomic E-state index is 0.115. The highest BCUT2D eigenvalue weighted by molar-refractivity contribution is 5.66. The van der Waals surface area contributed by atoms with Crippen molar-refractivity contribution in [3.05, 3.63) is 47.6 Å². The molecule has 0 saturated heterocycles. The Bertz CT molecular complexity index is 369. The molecule has 0 fully saturated rings. The Morgan fingerprint density at radius 3 is 2.28 bits per heavy atom. The molecule has 2 heteroatoms. The van der Waals surface area contributed by atoms with Gasteiger partial charge in [-0.15, -0.1) is 0 Å². The topological polar surface area (TPSA) is 26.3 Å². The fourth-order valence-corrected chi connectivity index (χ4v) is 1.18. The zero-order valence-corrected chi connectivity index (χ0v) is 12.1. The van der Waals surface area contributed by atoms with Crippen LogP contribution in [0.15, 0.2) is 47.6 Å². The first-order valence-corrected chi connectivity index (χ1v) is 6.10. The third kappa shape index (κ3) is 8.71. The van der Waals surface area contributed by atoms with Crippen molar-refractivity contribution in [3.63, 3.8) is 0 Å². The molecule has 0 radical (unpaired) electrons. The molecule has 18 heavy (non-hydrogen) atoms. The number of hydrogen-bond donors (Lipinski definition) is 0. The molecule has 100 valence electrons. The zero-order chi connectivity index (χ0) is 14.0. The lowest BCUT2D eigenvalue weighted by Gasteiger charge is -2.20. The third-order valence-electron chi connectivity index (χ3n) is 2.59. The van der Waals surface area contributed by atoms with Crippen LogP contribution >= 0.6 is 0 Å². The molecule has 2 nitrogen and oxygen atoms in total. The number of rotatable bonds is 7. The second-order valence-corrected chi connectivity index (χ2v) is 4.89. The quantitative estimate of drug-likeness (QED) is 0.386. The summed E-state index contributed by atoms with van der Waals surface area (Å²) in [6, 6.07) is 0. The monoisotopic (exact) mass is 248 g/mol. The van der Waals surface area contributed by atoms with E-state index in [1.807, 2.05) is 32.1 Å². The SMILES string of the molecule is COC(C)(C)C/C=C/C(C)=C/C=C/C(C)=C/C=O. The molecule has 0 aromatic heterocycles. The molecule has 0 saturated carbocycles. The standard InChI is InChI=1S/C16H24O2/c1-14(8-6-9-15(2)11-13-17)10-7-12-16(3,4)18-5/h6-11,13H,12H2,1-5H3/b9-6+,10-7+,14-8+,15-11+. The maximum atomic E-state index is 10.2. The molecule has 0 spiro atoms. The summed E-state index contributed by atoms with van der Waals surface area (Å²) in [6.07, 6.45) is 13.3. The lowest BCUT2D eigenvalue weighted by atomic mass is 10.0. The molecule has 0 aromatic rings. The van der Waals surface area contributed by atoms with E-state index in [-0.39, 0.29) is 5.60 Å². The Kier molecular flexibility index (Phi) is 7.97. The molecule has 0 amide bonds. The Balaban J connectivity index is 4.32. The van der Waals surface area contributed by atoms with Crippen molar-refractivity contribution < 1.29 is 9.53 Å². The molecule has 0 rings (SSSR count). The van der Waals surface area contributed by atoms with Crippen molar-refractivity contribution in [2.45, 2.75) is 39.7 Å². The first-order chi connectivity index (χ1) is 8.41. The highest BCUT2D eigenvalue weighted by Crippen LogP contribution is 2.13. The molecular formula is C16H24O2. The van der Waals surface area contributed by atoms with Gasteiger partial charge in [0, 0.05) is 7.11 Å². The highest BCUT2D eigenvalue weighted by atomic mass is 16.5. The van der Waals surface area contributed by atoms with Crippen LogP contribution in [-0.2, 0) is 9.53 Å². The maximum absolute atomic E-state index is 10.2. The minimum atomic E-state index is -0.115. The largest absolute Gasteiger partial charge is 0.378 e. The van der Waals surface area contributed by atoms with Crippen molar-refractivity contribution in [3.8, 4) is 0 Å². The molecule has 0 bridgehead atoms. The summed E-state index contributed by atoms with van der Waals surface area (Å²) >= 11 is 0. The van der Waals surface area contributed by atoms with Crippen molar-refractivity contribution >= 4 is 6.29 Å². The summed E-state index contributed by atoms with van der Waals surface area (Å²) in [5.74, 6) is 0. The van der Waals surface area contributed by atoms with Gasteiger partial charge in [-0.2, -0.15) is 0 Å². The summed E-state index contributed by atoms with van der Waals surface area (Å²) in [4.78, 5) is 10.2. The van der Waals surface area contributed by atoms with Crippen LogP contribution in [0.4, 0.5) is 0 Å². The number of aldehydes is 1. The van der Waals surface area contributed by atoms with Gasteiger partial charge in [0.25, 0.3) is 0 Å². The third-order valence-corrected chi connectivity index (χ3v) is 2.59. The van der Waals surface area contributed by atoms with E-state index in [9.17, 15) is 4.79 Å². The first kappa shape index (κ1) is 16.6. The van der Waals surface area contributed by atoms with Gasteiger partial charge in [-0.3, -0.25) is 4.79 Å². The number of ether oxygens (including phenoxy) is 1. The predicted octanol–water partition coefficient (Wildman–Crippen LogP) is 4.01. The molecule has 0 aliphatic rings. The van der Waals surface area contributed by atoms with Crippen molar-refractivity contribution in [2.75, 3.05) is 7.11 Å². The van der Waals surface area contributed by atoms with E-state index in [4.69, 9.17) is 4.74 Å². The zero-order valence-electron chi connectivity index (χ0n) is 12.1. The van der Waals surface area contributed by atoms with Crippen LogP contribution < -0.4 is 0 Å². The number of carbonyl (C=O) groups is 1. The fraction of sp³-hybridized carbons (Fsp3) is 0.438. The van der Waals surface area contributed by atoms with Crippen LogP contribution in [0, 0.1) is 0 Å². The van der Waals surface area contributed by atoms with E-state index in [0.717, 1.165) is 23.9 Å². The molecule has 0 aromatic carbocycles. The van der Waals surface area contributed by atoms with Crippen LogP contribution in [0.5, 0.6) is 0 Å². The van der Waals surface area contributed by atoms with Gasteiger partial charge in [-0.05, 0) is 45.8 Å². The second-order valence-electron chi connectivity index (χ2n) is 4.89. The normalized spacial score (nSPS) is 14.7. The van der Waals surface area contributed by atoms with Gasteiger partial charge in [0.05, 0.1) is 5.60 Å². The number of carbonyl (C=O) groups excluding carboxylic acids is 1. The summed E-state index contributed by atoms with van der Waals surface area (Å²) in [7, 11) is 1.72. The van der Waals surface area contributed by atoms with E-state index in [1.165, 1.54) is 6.08 Å². The summed E-state index contributed by atoms with van der Waals surface area (Å²) in [5, 5.41) is 0. The molecule has 0 N–H and O–H groups in total. The Morgan fingerprint density at radius 2 is 1.72 bits per heavy atom. The average molecular weight is 248 g/mol. The lowest BCUT2D eigenvalue weighted by Crippen LogP contribution is -2.20. The maximum Gasteiger partial charge on any atom is 0.143 e. The molecular weight excluding hydrogens is 224 g/mol. The Labute approximate surface area is 111 Å². The van der Waals surface area contributed by atoms with E-state index < -0.39 is 0 Å². The number of allylic oxidation sites excluding steroid dienone is 7. The van der Waals surface area contributed by atoms with Crippen molar-refractivity contribution in [2.24, 2.45) is 0 Å². The van der Waals surface area contributed by atoms with Crippen LogP contribution in [0.2, 0.25) is 0 Å². The smallest absolute Gasteiger partial charge is 0.143 e. The summed E-state index contributed by atoms with van der Waals surface area (Å²) < 4.78 is 5.33.